The fourth-order valence-corrected chi connectivity index (χ4v) is 2.67. The molecule has 0 bridgehead atoms. The number of thioether (sulfide) groups is 1. The highest BCUT2D eigenvalue weighted by atomic mass is 32.2. The lowest BCUT2D eigenvalue weighted by atomic mass is 10.2. The Kier molecular flexibility index (Phi) is 5.90. The van der Waals surface area contributed by atoms with E-state index < -0.39 is 0 Å². The van der Waals surface area contributed by atoms with Crippen molar-refractivity contribution >= 4 is 17.8 Å². The molecule has 0 atom stereocenters. The van der Waals surface area contributed by atoms with Crippen molar-refractivity contribution in [3.63, 3.8) is 0 Å². The molecule has 0 N–H and O–H groups in total. The van der Waals surface area contributed by atoms with Crippen molar-refractivity contribution in [2.75, 3.05) is 20.6 Å². The molecule has 0 radical (unpaired) electrons. The quantitative estimate of drug-likeness (QED) is 0.715. The van der Waals surface area contributed by atoms with Crippen LogP contribution in [0.25, 0.3) is 6.08 Å². The van der Waals surface area contributed by atoms with Crippen molar-refractivity contribution in [1.29, 1.82) is 0 Å². The Hall–Kier alpha value is -1.51. The molecule has 0 saturated heterocycles. The molecule has 0 aliphatic heterocycles. The first-order chi connectivity index (χ1) is 9.74. The summed E-state index contributed by atoms with van der Waals surface area (Å²) in [7, 11) is 4.15. The fourth-order valence-electron chi connectivity index (χ4n) is 1.82. The van der Waals surface area contributed by atoms with Crippen molar-refractivity contribution in [1.82, 2.24) is 4.90 Å². The van der Waals surface area contributed by atoms with Gasteiger partial charge >= 0.3 is 0 Å². The van der Waals surface area contributed by atoms with Gasteiger partial charge in [-0.1, -0.05) is 54.6 Å². The molecule has 0 fully saturated rings. The molecule has 2 aromatic rings. The molecule has 0 aromatic heterocycles. The highest BCUT2D eigenvalue weighted by Crippen LogP contribution is 2.23. The molecule has 0 spiro atoms. The molecule has 0 saturated carbocycles. The van der Waals surface area contributed by atoms with Crippen molar-refractivity contribution in [3.05, 3.63) is 71.8 Å². The third-order valence-corrected chi connectivity index (χ3v) is 3.99. The summed E-state index contributed by atoms with van der Waals surface area (Å²) in [4.78, 5) is 3.47. The van der Waals surface area contributed by atoms with Crippen LogP contribution >= 0.6 is 11.8 Å². The van der Waals surface area contributed by atoms with Crippen LogP contribution in [0.3, 0.4) is 0 Å². The summed E-state index contributed by atoms with van der Waals surface area (Å²) >= 11 is 1.88. The van der Waals surface area contributed by atoms with Gasteiger partial charge in [0.25, 0.3) is 0 Å². The third-order valence-electron chi connectivity index (χ3n) is 2.91. The summed E-state index contributed by atoms with van der Waals surface area (Å²) in [6.45, 7) is 0.977. The Labute approximate surface area is 126 Å². The van der Waals surface area contributed by atoms with Gasteiger partial charge in [0.1, 0.15) is 0 Å². The van der Waals surface area contributed by atoms with Gasteiger partial charge in [-0.15, -0.1) is 11.8 Å². The van der Waals surface area contributed by atoms with Gasteiger partial charge in [-0.05, 0) is 37.4 Å². The zero-order valence-electron chi connectivity index (χ0n) is 12.1. The predicted octanol–water partition coefficient (Wildman–Crippen LogP) is 4.55. The topological polar surface area (TPSA) is 3.24 Å². The molecule has 20 heavy (non-hydrogen) atoms. The molecule has 0 aliphatic rings. The van der Waals surface area contributed by atoms with E-state index in [1.165, 1.54) is 16.0 Å². The molecule has 0 amide bonds. The van der Waals surface area contributed by atoms with E-state index in [1.54, 1.807) is 0 Å². The van der Waals surface area contributed by atoms with E-state index in [0.717, 1.165) is 12.3 Å². The van der Waals surface area contributed by atoms with Crippen LogP contribution in [0.4, 0.5) is 0 Å². The number of hydrogen-bond donors (Lipinski definition) is 0. The normalized spacial score (nSPS) is 11.3. The molecule has 104 valence electrons. The second kappa shape index (κ2) is 7.93. The molecule has 1 nitrogen and oxygen atoms in total. The summed E-state index contributed by atoms with van der Waals surface area (Å²) in [6, 6.07) is 19.3. The average molecular weight is 283 g/mol. The first-order valence-electron chi connectivity index (χ1n) is 6.82. The summed E-state index contributed by atoms with van der Waals surface area (Å²) in [6.07, 6.45) is 4.36. The van der Waals surface area contributed by atoms with Crippen molar-refractivity contribution in [3.8, 4) is 0 Å². The van der Waals surface area contributed by atoms with E-state index in [2.05, 4.69) is 85.7 Å². The van der Waals surface area contributed by atoms with Crippen molar-refractivity contribution in [2.45, 2.75) is 10.6 Å². The van der Waals surface area contributed by atoms with E-state index >= 15 is 0 Å². The lowest BCUT2D eigenvalue weighted by Gasteiger charge is -2.04. The van der Waals surface area contributed by atoms with Crippen molar-refractivity contribution in [2.24, 2.45) is 0 Å². The molecular weight excluding hydrogens is 262 g/mol. The highest BCUT2D eigenvalue weighted by molar-refractivity contribution is 7.98. The molecule has 2 rings (SSSR count). The van der Waals surface area contributed by atoms with E-state index in [1.807, 2.05) is 11.8 Å². The molecule has 0 unspecified atom stereocenters. The van der Waals surface area contributed by atoms with Crippen LogP contribution in [0.15, 0.2) is 65.6 Å². The maximum atomic E-state index is 2.20. The Bertz CT molecular complexity index is 529. The van der Waals surface area contributed by atoms with Crippen LogP contribution in [0, 0.1) is 0 Å². The molecule has 0 aliphatic carbocycles. The van der Waals surface area contributed by atoms with Gasteiger partial charge in [0.2, 0.25) is 0 Å². The maximum absolute atomic E-state index is 2.20. The van der Waals surface area contributed by atoms with Gasteiger partial charge in [0, 0.05) is 17.2 Å². The SMILES string of the molecule is CN(C)CC=Cc1ccc(SCc2ccccc2)cc1. The third kappa shape index (κ3) is 5.24. The smallest absolute Gasteiger partial charge is 0.0231 e. The highest BCUT2D eigenvalue weighted by Gasteiger charge is 1.96. The van der Waals surface area contributed by atoms with E-state index in [0.29, 0.717) is 0 Å². The van der Waals surface area contributed by atoms with Gasteiger partial charge in [-0.25, -0.2) is 0 Å². The minimum absolute atomic E-state index is 0.977. The first kappa shape index (κ1) is 14.9. The van der Waals surface area contributed by atoms with Gasteiger partial charge in [0.15, 0.2) is 0 Å². The van der Waals surface area contributed by atoms with Crippen LogP contribution in [0.2, 0.25) is 0 Å². The largest absolute Gasteiger partial charge is 0.306 e. The zero-order chi connectivity index (χ0) is 14.2. The summed E-state index contributed by atoms with van der Waals surface area (Å²) in [5, 5.41) is 0. The minimum atomic E-state index is 0.977. The summed E-state index contributed by atoms with van der Waals surface area (Å²) in [5.41, 5.74) is 2.63. The number of benzene rings is 2. The zero-order valence-corrected chi connectivity index (χ0v) is 12.9. The lowest BCUT2D eigenvalue weighted by Crippen LogP contribution is -2.10. The Morgan fingerprint density at radius 1 is 0.950 bits per heavy atom. The van der Waals surface area contributed by atoms with Gasteiger partial charge < -0.3 is 4.90 Å². The second-order valence-electron chi connectivity index (χ2n) is 5.01. The molecule has 2 aromatic carbocycles. The lowest BCUT2D eigenvalue weighted by molar-refractivity contribution is 0.457. The minimum Gasteiger partial charge on any atom is -0.306 e. The number of rotatable bonds is 6. The Balaban J connectivity index is 1.87. The number of hydrogen-bond acceptors (Lipinski definition) is 2. The predicted molar refractivity (Wildman–Crippen MR) is 90.0 cm³/mol. The summed E-state index contributed by atoms with van der Waals surface area (Å²) < 4.78 is 0. The van der Waals surface area contributed by atoms with Crippen LogP contribution in [-0.2, 0) is 5.75 Å². The van der Waals surface area contributed by atoms with Crippen LogP contribution in [-0.4, -0.2) is 25.5 Å². The standard InChI is InChI=1S/C18H21NS/c1-19(2)14-6-9-16-10-12-18(13-11-16)20-15-17-7-4-3-5-8-17/h3-13H,14-15H2,1-2H3. The van der Waals surface area contributed by atoms with Gasteiger partial charge in [0.05, 0.1) is 0 Å². The van der Waals surface area contributed by atoms with Gasteiger partial charge in [-0.2, -0.15) is 0 Å². The molecule has 0 heterocycles. The molecular formula is C18H21NS. The van der Waals surface area contributed by atoms with Crippen LogP contribution in [0.1, 0.15) is 11.1 Å². The Morgan fingerprint density at radius 2 is 1.65 bits per heavy atom. The van der Waals surface area contributed by atoms with Gasteiger partial charge in [-0.3, -0.25) is 0 Å². The van der Waals surface area contributed by atoms with E-state index in [-0.39, 0.29) is 0 Å². The second-order valence-corrected chi connectivity index (χ2v) is 6.06. The van der Waals surface area contributed by atoms with Crippen LogP contribution < -0.4 is 0 Å². The first-order valence-corrected chi connectivity index (χ1v) is 7.80. The van der Waals surface area contributed by atoms with E-state index in [9.17, 15) is 0 Å². The van der Waals surface area contributed by atoms with Crippen molar-refractivity contribution < 1.29 is 0 Å². The van der Waals surface area contributed by atoms with E-state index in [4.69, 9.17) is 0 Å². The fraction of sp³-hybridized carbons (Fsp3) is 0.222. The summed E-state index contributed by atoms with van der Waals surface area (Å²) in [5.74, 6) is 1.02. The maximum Gasteiger partial charge on any atom is 0.0231 e. The number of nitrogens with zero attached hydrogens (tertiary/aromatic N) is 1. The monoisotopic (exact) mass is 283 g/mol. The Morgan fingerprint density at radius 3 is 2.30 bits per heavy atom. The van der Waals surface area contributed by atoms with Crippen LogP contribution in [0.5, 0.6) is 0 Å². The molecule has 2 heteroatoms. The average Bonchev–Trinajstić information content (AvgIpc) is 2.47. The number of likely N-dealkylation sites (N-methyl/N-ethyl adjacent to an activating group) is 1.